The fourth-order valence-corrected chi connectivity index (χ4v) is 11.0. The molecule has 1 spiro atoms. The summed E-state index contributed by atoms with van der Waals surface area (Å²) in [5, 5.41) is 2.59. The molecular formula is C48H29NS2. The standard InChI is InChI=1S/C48H29NS2/c1-3-14-30(15-4-1)32-26-42(31-16-5-2-6-17-31)49-43(27-32)36-21-13-20-35-37-28-46-41(29-45(37)51-47(35)36)48(40-24-11-12-25-44(40)50-46)38-22-9-7-18-33(38)34-19-8-10-23-39(34)48/h1-29H. The summed E-state index contributed by atoms with van der Waals surface area (Å²) in [6, 6.07) is 64.6. The molecule has 0 saturated carbocycles. The van der Waals surface area contributed by atoms with Crippen LogP contribution >= 0.6 is 23.1 Å². The molecule has 238 valence electrons. The van der Waals surface area contributed by atoms with Crippen LogP contribution in [0.2, 0.25) is 0 Å². The van der Waals surface area contributed by atoms with E-state index >= 15 is 0 Å². The molecule has 3 heteroatoms. The average Bonchev–Trinajstić information content (AvgIpc) is 3.71. The molecule has 51 heavy (non-hydrogen) atoms. The third-order valence-electron chi connectivity index (χ3n) is 10.7. The fraction of sp³-hybridized carbons (Fsp3) is 0.0208. The number of rotatable bonds is 3. The van der Waals surface area contributed by atoms with Gasteiger partial charge in [0.15, 0.2) is 0 Å². The normalized spacial score (nSPS) is 13.6. The van der Waals surface area contributed by atoms with Crippen LogP contribution in [-0.2, 0) is 5.41 Å². The van der Waals surface area contributed by atoms with E-state index < -0.39 is 0 Å². The van der Waals surface area contributed by atoms with Crippen LogP contribution in [0.5, 0.6) is 0 Å². The number of pyridine rings is 1. The quantitative estimate of drug-likeness (QED) is 0.184. The first kappa shape index (κ1) is 29.0. The molecule has 7 aromatic carbocycles. The third-order valence-corrected chi connectivity index (χ3v) is 13.1. The summed E-state index contributed by atoms with van der Waals surface area (Å²) in [5.41, 5.74) is 14.4. The average molecular weight is 684 g/mol. The summed E-state index contributed by atoms with van der Waals surface area (Å²) in [7, 11) is 0. The van der Waals surface area contributed by atoms with Crippen LogP contribution in [0.1, 0.15) is 22.3 Å². The lowest BCUT2D eigenvalue weighted by Gasteiger charge is -2.39. The first-order valence-electron chi connectivity index (χ1n) is 17.4. The first-order chi connectivity index (χ1) is 25.3. The van der Waals surface area contributed by atoms with E-state index in [2.05, 4.69) is 176 Å². The smallest absolute Gasteiger partial charge is 0.0735 e. The Balaban J connectivity index is 1.18. The maximum atomic E-state index is 5.33. The topological polar surface area (TPSA) is 12.9 Å². The van der Waals surface area contributed by atoms with Crippen LogP contribution in [0.4, 0.5) is 0 Å². The molecule has 11 rings (SSSR count). The predicted molar refractivity (Wildman–Crippen MR) is 215 cm³/mol. The van der Waals surface area contributed by atoms with Gasteiger partial charge >= 0.3 is 0 Å². The number of thiophene rings is 1. The van der Waals surface area contributed by atoms with Gasteiger partial charge in [-0.25, -0.2) is 4.98 Å². The van der Waals surface area contributed by atoms with Crippen molar-refractivity contribution >= 4 is 43.3 Å². The van der Waals surface area contributed by atoms with Gasteiger partial charge < -0.3 is 0 Å². The number of hydrogen-bond donors (Lipinski definition) is 0. The van der Waals surface area contributed by atoms with Crippen molar-refractivity contribution < 1.29 is 0 Å². The molecule has 0 fully saturated rings. The highest BCUT2D eigenvalue weighted by atomic mass is 32.2. The van der Waals surface area contributed by atoms with Crippen LogP contribution in [0, 0.1) is 0 Å². The number of fused-ring (bicyclic) bond motifs is 12. The van der Waals surface area contributed by atoms with Crippen LogP contribution in [0.25, 0.3) is 64.9 Å². The molecule has 1 aliphatic heterocycles. The minimum atomic E-state index is -0.381. The Morgan fingerprint density at radius 2 is 1.00 bits per heavy atom. The lowest BCUT2D eigenvalue weighted by molar-refractivity contribution is 0.724. The molecule has 0 unspecified atom stereocenters. The molecule has 9 aromatic rings. The largest absolute Gasteiger partial charge is 0.248 e. The lowest BCUT2D eigenvalue weighted by atomic mass is 9.67. The van der Waals surface area contributed by atoms with Gasteiger partial charge in [0.2, 0.25) is 0 Å². The van der Waals surface area contributed by atoms with E-state index in [1.54, 1.807) is 0 Å². The van der Waals surface area contributed by atoms with Crippen LogP contribution in [0.3, 0.4) is 0 Å². The molecule has 1 nitrogen and oxygen atoms in total. The molecule has 0 radical (unpaired) electrons. The van der Waals surface area contributed by atoms with Gasteiger partial charge in [-0.2, -0.15) is 0 Å². The van der Waals surface area contributed by atoms with Gasteiger partial charge in [0, 0.05) is 41.1 Å². The van der Waals surface area contributed by atoms with E-state index in [9.17, 15) is 0 Å². The maximum Gasteiger partial charge on any atom is 0.0735 e. The van der Waals surface area contributed by atoms with Crippen molar-refractivity contribution in [3.05, 3.63) is 198 Å². The molecule has 0 N–H and O–H groups in total. The molecule has 0 amide bonds. The van der Waals surface area contributed by atoms with E-state index in [1.165, 1.54) is 80.0 Å². The van der Waals surface area contributed by atoms with E-state index in [-0.39, 0.29) is 5.41 Å². The summed E-state index contributed by atoms with van der Waals surface area (Å²) in [5.74, 6) is 0. The monoisotopic (exact) mass is 683 g/mol. The zero-order valence-corrected chi connectivity index (χ0v) is 29.1. The Kier molecular flexibility index (Phi) is 6.34. The van der Waals surface area contributed by atoms with Crippen molar-refractivity contribution in [2.45, 2.75) is 15.2 Å². The summed E-state index contributed by atoms with van der Waals surface area (Å²) < 4.78 is 2.58. The van der Waals surface area contributed by atoms with Crippen molar-refractivity contribution in [1.82, 2.24) is 4.98 Å². The zero-order chi connectivity index (χ0) is 33.5. The number of aromatic nitrogens is 1. The maximum absolute atomic E-state index is 5.33. The molecule has 0 bridgehead atoms. The second-order valence-electron chi connectivity index (χ2n) is 13.4. The van der Waals surface area contributed by atoms with E-state index in [0.717, 1.165) is 17.0 Å². The van der Waals surface area contributed by atoms with Crippen molar-refractivity contribution in [1.29, 1.82) is 0 Å². The van der Waals surface area contributed by atoms with Gasteiger partial charge in [-0.15, -0.1) is 11.3 Å². The Hall–Kier alpha value is -5.74. The van der Waals surface area contributed by atoms with Crippen molar-refractivity contribution in [2.75, 3.05) is 0 Å². The summed E-state index contributed by atoms with van der Waals surface area (Å²) in [6.07, 6.45) is 0. The highest BCUT2D eigenvalue weighted by Crippen LogP contribution is 2.63. The highest BCUT2D eigenvalue weighted by Gasteiger charge is 2.50. The second-order valence-corrected chi connectivity index (χ2v) is 15.6. The molecule has 0 saturated heterocycles. The molecule has 3 heterocycles. The van der Waals surface area contributed by atoms with Crippen molar-refractivity contribution in [3.8, 4) is 44.8 Å². The Labute approximate surface area is 304 Å². The molecule has 2 aliphatic rings. The molecule has 1 aliphatic carbocycles. The highest BCUT2D eigenvalue weighted by molar-refractivity contribution is 7.99. The molecular weight excluding hydrogens is 655 g/mol. The van der Waals surface area contributed by atoms with Gasteiger partial charge in [0.1, 0.15) is 0 Å². The van der Waals surface area contributed by atoms with Crippen LogP contribution in [0.15, 0.2) is 186 Å². The summed E-state index contributed by atoms with van der Waals surface area (Å²) >= 11 is 3.81. The molecule has 2 aromatic heterocycles. The summed E-state index contributed by atoms with van der Waals surface area (Å²) in [4.78, 5) is 7.99. The van der Waals surface area contributed by atoms with E-state index in [0.29, 0.717) is 0 Å². The second kappa shape index (κ2) is 11.1. The number of hydrogen-bond acceptors (Lipinski definition) is 3. The fourth-order valence-electron chi connectivity index (χ4n) is 8.57. The Morgan fingerprint density at radius 1 is 0.392 bits per heavy atom. The predicted octanol–water partition coefficient (Wildman–Crippen LogP) is 13.3. The van der Waals surface area contributed by atoms with Gasteiger partial charge in [-0.1, -0.05) is 157 Å². The SMILES string of the molecule is c1ccc(-c2cc(-c3ccccc3)nc(-c3cccc4c3sc3cc5c(cc34)Sc3ccccc3C53c4ccccc4-c4ccccc43)c2)cc1. The van der Waals surface area contributed by atoms with Gasteiger partial charge in [0.05, 0.1) is 16.8 Å². The molecule has 0 atom stereocenters. The zero-order valence-electron chi connectivity index (χ0n) is 27.5. The summed E-state index contributed by atoms with van der Waals surface area (Å²) in [6.45, 7) is 0. The van der Waals surface area contributed by atoms with Crippen LogP contribution < -0.4 is 0 Å². The van der Waals surface area contributed by atoms with Crippen molar-refractivity contribution in [2.24, 2.45) is 0 Å². The minimum absolute atomic E-state index is 0.381. The number of nitrogens with zero attached hydrogens (tertiary/aromatic N) is 1. The van der Waals surface area contributed by atoms with Gasteiger partial charge in [0.25, 0.3) is 0 Å². The Morgan fingerprint density at radius 3 is 1.75 bits per heavy atom. The van der Waals surface area contributed by atoms with Gasteiger partial charge in [-0.05, 0) is 74.8 Å². The van der Waals surface area contributed by atoms with Crippen molar-refractivity contribution in [3.63, 3.8) is 0 Å². The Bertz CT molecular complexity index is 2730. The lowest BCUT2D eigenvalue weighted by Crippen LogP contribution is -2.31. The van der Waals surface area contributed by atoms with E-state index in [4.69, 9.17) is 4.98 Å². The first-order valence-corrected chi connectivity index (χ1v) is 19.0. The van der Waals surface area contributed by atoms with E-state index in [1.807, 2.05) is 23.1 Å². The minimum Gasteiger partial charge on any atom is -0.248 e. The van der Waals surface area contributed by atoms with Crippen LogP contribution in [-0.4, -0.2) is 4.98 Å². The number of benzene rings is 7. The third kappa shape index (κ3) is 4.20. The van der Waals surface area contributed by atoms with Gasteiger partial charge in [-0.3, -0.25) is 0 Å².